The third-order valence-corrected chi connectivity index (χ3v) is 7.36. The number of methoxy groups -OCH3 is 2. The van der Waals surface area contributed by atoms with E-state index in [1.807, 2.05) is 102 Å². The number of ether oxygens (including phenoxy) is 3. The largest absolute Gasteiger partial charge is 0.497 e. The van der Waals surface area contributed by atoms with E-state index in [0.29, 0.717) is 29.1 Å². The van der Waals surface area contributed by atoms with Crippen molar-refractivity contribution >= 4 is 23.9 Å². The van der Waals surface area contributed by atoms with Crippen molar-refractivity contribution in [2.24, 2.45) is 5.10 Å². The van der Waals surface area contributed by atoms with Gasteiger partial charge in [0.05, 0.1) is 26.2 Å². The fourth-order valence-corrected chi connectivity index (χ4v) is 4.92. The summed E-state index contributed by atoms with van der Waals surface area (Å²) in [6.07, 6.45) is 1.56. The molecule has 5 aromatic rings. The number of nitrogens with one attached hydrogen (secondary N) is 1. The van der Waals surface area contributed by atoms with E-state index < -0.39 is 0 Å². The molecule has 218 valence electrons. The number of aryl methyl sites for hydroxylation is 1. The number of nitrogens with zero attached hydrogens (tertiary/aromatic N) is 4. The van der Waals surface area contributed by atoms with Gasteiger partial charge in [0.15, 0.2) is 22.5 Å². The van der Waals surface area contributed by atoms with E-state index in [9.17, 15) is 4.79 Å². The molecule has 0 radical (unpaired) electrons. The first-order valence-electron chi connectivity index (χ1n) is 13.5. The number of hydrogen-bond acceptors (Lipinski definition) is 8. The Morgan fingerprint density at radius 2 is 1.67 bits per heavy atom. The van der Waals surface area contributed by atoms with Gasteiger partial charge in [0.2, 0.25) is 0 Å². The number of thioether (sulfide) groups is 1. The molecule has 0 aliphatic rings. The van der Waals surface area contributed by atoms with Gasteiger partial charge in [0.25, 0.3) is 5.91 Å². The van der Waals surface area contributed by atoms with E-state index in [1.165, 1.54) is 11.8 Å². The fourth-order valence-electron chi connectivity index (χ4n) is 4.18. The highest BCUT2D eigenvalue weighted by Gasteiger charge is 2.17. The maximum absolute atomic E-state index is 12.7. The highest BCUT2D eigenvalue weighted by Crippen LogP contribution is 2.30. The number of hydrazone groups is 1. The predicted octanol–water partition coefficient (Wildman–Crippen LogP) is 6.08. The van der Waals surface area contributed by atoms with Gasteiger partial charge < -0.3 is 14.2 Å². The molecule has 0 unspecified atom stereocenters. The zero-order valence-electron chi connectivity index (χ0n) is 24.1. The smallest absolute Gasteiger partial charge is 0.250 e. The van der Waals surface area contributed by atoms with Crippen LogP contribution in [0.4, 0.5) is 0 Å². The summed E-state index contributed by atoms with van der Waals surface area (Å²) in [6.45, 7) is 2.44. The van der Waals surface area contributed by atoms with Crippen LogP contribution in [0.2, 0.25) is 0 Å². The predicted molar refractivity (Wildman–Crippen MR) is 168 cm³/mol. The lowest BCUT2D eigenvalue weighted by atomic mass is 10.2. The maximum Gasteiger partial charge on any atom is 0.250 e. The van der Waals surface area contributed by atoms with Crippen LogP contribution in [0.3, 0.4) is 0 Å². The van der Waals surface area contributed by atoms with Crippen molar-refractivity contribution < 1.29 is 19.0 Å². The molecule has 0 atom stereocenters. The Labute approximate surface area is 254 Å². The average molecular weight is 594 g/mol. The highest BCUT2D eigenvalue weighted by molar-refractivity contribution is 7.99. The number of rotatable bonds is 12. The number of aromatic nitrogens is 3. The first-order chi connectivity index (χ1) is 21.0. The molecule has 0 saturated heterocycles. The molecule has 0 aliphatic carbocycles. The monoisotopic (exact) mass is 593 g/mol. The van der Waals surface area contributed by atoms with Crippen molar-refractivity contribution in [3.8, 4) is 34.3 Å². The first kappa shape index (κ1) is 29.4. The number of carbonyl (C=O) groups is 1. The molecule has 1 N–H and O–H groups in total. The Morgan fingerprint density at radius 3 is 2.40 bits per heavy atom. The van der Waals surface area contributed by atoms with E-state index >= 15 is 0 Å². The molecule has 1 amide bonds. The molecule has 0 spiro atoms. The Morgan fingerprint density at radius 1 is 0.907 bits per heavy atom. The van der Waals surface area contributed by atoms with Crippen LogP contribution in [0, 0.1) is 6.92 Å². The molecule has 0 bridgehead atoms. The van der Waals surface area contributed by atoms with Crippen molar-refractivity contribution in [2.45, 2.75) is 18.7 Å². The van der Waals surface area contributed by atoms with Gasteiger partial charge >= 0.3 is 0 Å². The summed E-state index contributed by atoms with van der Waals surface area (Å²) in [6, 6.07) is 31.0. The molecule has 10 heteroatoms. The van der Waals surface area contributed by atoms with Crippen LogP contribution in [0.5, 0.6) is 17.2 Å². The second-order valence-electron chi connectivity index (χ2n) is 9.47. The fraction of sp³-hybridized carbons (Fsp3) is 0.152. The molecule has 5 rings (SSSR count). The van der Waals surface area contributed by atoms with Crippen molar-refractivity contribution in [2.75, 3.05) is 20.0 Å². The maximum atomic E-state index is 12.7. The quantitative estimate of drug-likeness (QED) is 0.106. The SMILES string of the molecule is COc1ccc(-c2nnc(SCC(=O)N/N=C\c3ccc(OC)c(OCc4ccccc4)c3)n2-c2ccc(C)cc2)cc1. The molecular formula is C33H31N5O4S. The number of benzene rings is 4. The van der Waals surface area contributed by atoms with E-state index in [2.05, 4.69) is 20.7 Å². The Hall–Kier alpha value is -5.09. The van der Waals surface area contributed by atoms with Gasteiger partial charge in [-0.25, -0.2) is 5.43 Å². The second kappa shape index (κ2) is 14.2. The molecule has 0 aliphatic heterocycles. The molecule has 0 saturated carbocycles. The lowest BCUT2D eigenvalue weighted by molar-refractivity contribution is -0.118. The molecule has 4 aromatic carbocycles. The van der Waals surface area contributed by atoms with E-state index in [0.717, 1.165) is 33.7 Å². The lowest BCUT2D eigenvalue weighted by Crippen LogP contribution is -2.20. The topological polar surface area (TPSA) is 99.9 Å². The minimum Gasteiger partial charge on any atom is -0.497 e. The molecule has 0 fully saturated rings. The van der Waals surface area contributed by atoms with Crippen LogP contribution in [-0.2, 0) is 11.4 Å². The summed E-state index contributed by atoms with van der Waals surface area (Å²) in [7, 11) is 3.22. The molecule has 9 nitrogen and oxygen atoms in total. The normalized spacial score (nSPS) is 11.0. The third-order valence-electron chi connectivity index (χ3n) is 6.43. The minimum absolute atomic E-state index is 0.0952. The molecular weight excluding hydrogens is 562 g/mol. The summed E-state index contributed by atoms with van der Waals surface area (Å²) >= 11 is 1.28. The van der Waals surface area contributed by atoms with Crippen LogP contribution in [-0.4, -0.2) is 46.9 Å². The summed E-state index contributed by atoms with van der Waals surface area (Å²) in [5, 5.41) is 13.6. The van der Waals surface area contributed by atoms with Crippen LogP contribution in [0.1, 0.15) is 16.7 Å². The van der Waals surface area contributed by atoms with E-state index in [4.69, 9.17) is 14.2 Å². The van der Waals surface area contributed by atoms with Crippen molar-refractivity contribution in [3.63, 3.8) is 0 Å². The van der Waals surface area contributed by atoms with Gasteiger partial charge in [0, 0.05) is 11.3 Å². The zero-order valence-corrected chi connectivity index (χ0v) is 24.9. The van der Waals surface area contributed by atoms with Gasteiger partial charge in [-0.2, -0.15) is 5.10 Å². The molecule has 43 heavy (non-hydrogen) atoms. The van der Waals surface area contributed by atoms with Gasteiger partial charge in [-0.3, -0.25) is 9.36 Å². The van der Waals surface area contributed by atoms with Crippen LogP contribution in [0.15, 0.2) is 107 Å². The summed E-state index contributed by atoms with van der Waals surface area (Å²) < 4.78 is 18.6. The molecule has 1 heterocycles. The number of hydrogen-bond donors (Lipinski definition) is 1. The summed E-state index contributed by atoms with van der Waals surface area (Å²) in [5.41, 5.74) is 7.30. The summed E-state index contributed by atoms with van der Waals surface area (Å²) in [5.74, 6) is 2.43. The van der Waals surface area contributed by atoms with Crippen molar-refractivity contribution in [1.82, 2.24) is 20.2 Å². The highest BCUT2D eigenvalue weighted by atomic mass is 32.2. The van der Waals surface area contributed by atoms with Gasteiger partial charge in [-0.15, -0.1) is 10.2 Å². The second-order valence-corrected chi connectivity index (χ2v) is 10.4. The van der Waals surface area contributed by atoms with E-state index in [1.54, 1.807) is 26.5 Å². The van der Waals surface area contributed by atoms with Crippen LogP contribution in [0.25, 0.3) is 17.1 Å². The van der Waals surface area contributed by atoms with Crippen molar-refractivity contribution in [1.29, 1.82) is 0 Å². The van der Waals surface area contributed by atoms with Gasteiger partial charge in [-0.1, -0.05) is 59.8 Å². The van der Waals surface area contributed by atoms with Crippen molar-refractivity contribution in [3.05, 3.63) is 114 Å². The number of carbonyl (C=O) groups excluding carboxylic acids is 1. The zero-order chi connectivity index (χ0) is 30.0. The first-order valence-corrected chi connectivity index (χ1v) is 14.5. The van der Waals surface area contributed by atoms with Gasteiger partial charge in [-0.05, 0) is 72.6 Å². The third kappa shape index (κ3) is 7.60. The summed E-state index contributed by atoms with van der Waals surface area (Å²) in [4.78, 5) is 12.7. The molecule has 1 aromatic heterocycles. The van der Waals surface area contributed by atoms with Crippen LogP contribution >= 0.6 is 11.8 Å². The number of amides is 1. The average Bonchev–Trinajstić information content (AvgIpc) is 3.47. The minimum atomic E-state index is -0.278. The van der Waals surface area contributed by atoms with E-state index in [-0.39, 0.29) is 11.7 Å². The Bertz CT molecular complexity index is 1690. The lowest BCUT2D eigenvalue weighted by Gasteiger charge is -2.11. The van der Waals surface area contributed by atoms with Gasteiger partial charge in [0.1, 0.15) is 12.4 Å². The Balaban J connectivity index is 1.25. The standard InChI is InChI=1S/C33H31N5O4S/c1-23-9-14-27(15-10-23)38-32(26-12-16-28(40-2)17-13-26)36-37-33(38)43-22-31(39)35-34-20-25-11-18-29(41-3)30(19-25)42-21-24-7-5-4-6-8-24/h4-20H,21-22H2,1-3H3,(H,35,39)/b34-20-. The Kier molecular flexibility index (Phi) is 9.71. The van der Waals surface area contributed by atoms with Crippen LogP contribution < -0.4 is 19.6 Å².